The van der Waals surface area contributed by atoms with Crippen LogP contribution in [0.2, 0.25) is 0 Å². The van der Waals surface area contributed by atoms with Gasteiger partial charge in [0.2, 0.25) is 0 Å². The number of unbranched alkanes of at least 4 members (excludes halogenated alkanes) is 50. The Bertz CT molecular complexity index is 1500. The van der Waals surface area contributed by atoms with Crippen molar-refractivity contribution in [3.63, 3.8) is 0 Å². The molecule has 0 amide bonds. The van der Waals surface area contributed by atoms with Crippen molar-refractivity contribution in [3.05, 3.63) is 36.5 Å². The maximum absolute atomic E-state index is 13.0. The molecule has 0 rings (SSSR count). The van der Waals surface area contributed by atoms with Gasteiger partial charge in [-0.25, -0.2) is 4.79 Å². The molecule has 0 saturated carbocycles. The maximum Gasteiger partial charge on any atom is 0.361 e. The zero-order chi connectivity index (χ0) is 62.6. The van der Waals surface area contributed by atoms with Crippen molar-refractivity contribution in [2.75, 3.05) is 47.5 Å². The van der Waals surface area contributed by atoms with Gasteiger partial charge in [0.05, 0.1) is 34.4 Å². The monoisotopic (exact) mass is 1210 g/mol. The van der Waals surface area contributed by atoms with Crippen LogP contribution in [-0.4, -0.2) is 87.4 Å². The smallest absolute Gasteiger partial charge is 0.361 e. The number of carboxylic acid groups (broad SMARTS) is 1. The van der Waals surface area contributed by atoms with E-state index in [-0.39, 0.29) is 38.2 Å². The van der Waals surface area contributed by atoms with E-state index in [4.69, 9.17) is 18.9 Å². The summed E-state index contributed by atoms with van der Waals surface area (Å²) in [6, 6.07) is 0. The summed E-state index contributed by atoms with van der Waals surface area (Å²) in [5, 5.41) is 9.76. The van der Waals surface area contributed by atoms with Crippen LogP contribution in [0.3, 0.4) is 0 Å². The number of nitrogens with zero attached hydrogens (tertiary/aromatic N) is 1. The van der Waals surface area contributed by atoms with Gasteiger partial charge >= 0.3 is 17.9 Å². The van der Waals surface area contributed by atoms with Crippen molar-refractivity contribution >= 4 is 17.9 Å². The molecule has 9 nitrogen and oxygen atoms in total. The molecule has 9 heteroatoms. The zero-order valence-electron chi connectivity index (χ0n) is 58.0. The second-order valence-corrected chi connectivity index (χ2v) is 27.0. The van der Waals surface area contributed by atoms with Gasteiger partial charge in [-0.05, 0) is 51.4 Å². The van der Waals surface area contributed by atoms with E-state index in [1.807, 2.05) is 21.1 Å². The predicted molar refractivity (Wildman–Crippen MR) is 369 cm³/mol. The lowest BCUT2D eigenvalue weighted by Gasteiger charge is -2.25. The highest BCUT2D eigenvalue weighted by Gasteiger charge is 2.25. The van der Waals surface area contributed by atoms with Crippen molar-refractivity contribution < 1.29 is 42.9 Å². The van der Waals surface area contributed by atoms with Crippen molar-refractivity contribution in [2.24, 2.45) is 0 Å². The van der Waals surface area contributed by atoms with E-state index in [9.17, 15) is 19.5 Å². The molecule has 2 atom stereocenters. The third-order valence-corrected chi connectivity index (χ3v) is 17.1. The van der Waals surface area contributed by atoms with Crippen LogP contribution >= 0.6 is 0 Å². The highest BCUT2D eigenvalue weighted by atomic mass is 16.7. The van der Waals surface area contributed by atoms with Gasteiger partial charge in [-0.1, -0.05) is 352 Å². The van der Waals surface area contributed by atoms with Crippen LogP contribution in [0.25, 0.3) is 0 Å². The molecule has 0 heterocycles. The molecule has 0 fully saturated rings. The van der Waals surface area contributed by atoms with E-state index in [0.717, 1.165) is 51.4 Å². The molecular formula is C77H146NO8+. The zero-order valence-corrected chi connectivity index (χ0v) is 58.0. The molecule has 1 N–H and O–H groups in total. The van der Waals surface area contributed by atoms with Crippen molar-refractivity contribution in [1.29, 1.82) is 0 Å². The normalized spacial score (nSPS) is 12.8. The van der Waals surface area contributed by atoms with Gasteiger partial charge in [0.15, 0.2) is 6.10 Å². The van der Waals surface area contributed by atoms with E-state index in [1.165, 1.54) is 302 Å². The molecule has 0 aliphatic carbocycles. The molecule has 0 aliphatic heterocycles. The summed E-state index contributed by atoms with van der Waals surface area (Å²) in [6.07, 6.45) is 84.2. The van der Waals surface area contributed by atoms with Crippen LogP contribution in [0.1, 0.15) is 380 Å². The summed E-state index contributed by atoms with van der Waals surface area (Å²) in [5.41, 5.74) is 0. The van der Waals surface area contributed by atoms with E-state index in [0.29, 0.717) is 17.4 Å². The molecule has 2 unspecified atom stereocenters. The van der Waals surface area contributed by atoms with E-state index in [2.05, 4.69) is 50.3 Å². The molecule has 0 aromatic carbocycles. The summed E-state index contributed by atoms with van der Waals surface area (Å²) in [4.78, 5) is 37.7. The Morgan fingerprint density at radius 3 is 0.930 bits per heavy atom. The average molecular weight is 1210 g/mol. The fourth-order valence-corrected chi connectivity index (χ4v) is 11.4. The van der Waals surface area contributed by atoms with E-state index < -0.39 is 18.4 Å². The summed E-state index contributed by atoms with van der Waals surface area (Å²) in [7, 11) is 5.99. The van der Waals surface area contributed by atoms with Gasteiger partial charge in [0.1, 0.15) is 13.2 Å². The standard InChI is InChI=1S/C77H145NO8/c1-6-8-10-12-14-16-18-20-22-24-26-28-30-32-34-36-37-38-40-41-43-45-47-49-51-53-55-57-59-61-63-65-67-74(79)84-71-73(72-85-77(76(81)82)83-70-69-78(3,4)5)86-75(80)68-66-64-62-60-58-56-54-52-50-48-46-44-42-39-35-33-31-29-27-25-23-21-19-17-15-13-11-9-7-2/h19,21,25,27,31,33,73,77H,6-18,20,22-24,26,28-30,32,34-72H2,1-5H3/p+1/b21-19-,27-25-,33-31-. The highest BCUT2D eigenvalue weighted by molar-refractivity contribution is 5.71. The Kier molecular flexibility index (Phi) is 66.4. The second-order valence-electron chi connectivity index (χ2n) is 27.0. The van der Waals surface area contributed by atoms with Crippen LogP contribution in [0, 0.1) is 0 Å². The quantitative estimate of drug-likeness (QED) is 0.0211. The molecule has 86 heavy (non-hydrogen) atoms. The minimum absolute atomic E-state index is 0.177. The van der Waals surface area contributed by atoms with Crippen LogP contribution < -0.4 is 0 Å². The summed E-state index contributed by atoms with van der Waals surface area (Å²) in [6.45, 7) is 4.94. The summed E-state index contributed by atoms with van der Waals surface area (Å²) < 4.78 is 23.0. The maximum atomic E-state index is 13.0. The Hall–Kier alpha value is -2.49. The van der Waals surface area contributed by atoms with Crippen molar-refractivity contribution in [3.8, 4) is 0 Å². The van der Waals surface area contributed by atoms with Gasteiger partial charge < -0.3 is 28.5 Å². The SMILES string of the molecule is CCCCCCC/C=C\C/C=C\C/C=C\CCCCCCCCCCCCCCCCC(=O)OC(COC(=O)CCCCCCCCCCCCCCCCCCCCCCCCCCCCCCCCCC)COC(OCC[N+](C)(C)C)C(=O)O. The predicted octanol–water partition coefficient (Wildman–Crippen LogP) is 23.5. The molecule has 0 aliphatic rings. The molecule has 0 radical (unpaired) electrons. The van der Waals surface area contributed by atoms with Gasteiger partial charge in [0, 0.05) is 12.8 Å². The first-order valence-corrected chi connectivity index (χ1v) is 37.7. The molecule has 506 valence electrons. The number of ether oxygens (including phenoxy) is 4. The number of carboxylic acids is 1. The molecule has 0 aromatic heterocycles. The third kappa shape index (κ3) is 69.0. The molecule has 0 saturated heterocycles. The fourth-order valence-electron chi connectivity index (χ4n) is 11.4. The highest BCUT2D eigenvalue weighted by Crippen LogP contribution is 2.19. The Labute approximate surface area is 534 Å². The number of esters is 2. The Morgan fingerprint density at radius 1 is 0.349 bits per heavy atom. The second kappa shape index (κ2) is 68.4. The van der Waals surface area contributed by atoms with Crippen LogP contribution in [0.15, 0.2) is 36.5 Å². The van der Waals surface area contributed by atoms with Crippen molar-refractivity contribution in [1.82, 2.24) is 0 Å². The first-order valence-electron chi connectivity index (χ1n) is 37.7. The first-order chi connectivity index (χ1) is 42.1. The van der Waals surface area contributed by atoms with E-state index >= 15 is 0 Å². The molecular weight excluding hydrogens is 1070 g/mol. The van der Waals surface area contributed by atoms with Crippen LogP contribution in [-0.2, 0) is 33.3 Å². The largest absolute Gasteiger partial charge is 0.477 e. The number of likely N-dealkylation sites (N-methyl/N-ethyl adjacent to an activating group) is 1. The van der Waals surface area contributed by atoms with Gasteiger partial charge in [-0.2, -0.15) is 0 Å². The minimum atomic E-state index is -1.51. The number of aliphatic carboxylic acids is 1. The van der Waals surface area contributed by atoms with Gasteiger partial charge in [-0.15, -0.1) is 0 Å². The van der Waals surface area contributed by atoms with Crippen LogP contribution in [0.4, 0.5) is 0 Å². The number of hydrogen-bond donors (Lipinski definition) is 1. The van der Waals surface area contributed by atoms with E-state index in [1.54, 1.807) is 0 Å². The van der Waals surface area contributed by atoms with Crippen LogP contribution in [0.5, 0.6) is 0 Å². The van der Waals surface area contributed by atoms with Crippen molar-refractivity contribution in [2.45, 2.75) is 392 Å². The van der Waals surface area contributed by atoms with Gasteiger partial charge in [-0.3, -0.25) is 9.59 Å². The number of hydrogen-bond acceptors (Lipinski definition) is 7. The van der Waals surface area contributed by atoms with Gasteiger partial charge in [0.25, 0.3) is 6.29 Å². The molecule has 0 aromatic rings. The fraction of sp³-hybridized carbons (Fsp3) is 0.883. The number of allylic oxidation sites excluding steroid dienone is 6. The molecule has 0 spiro atoms. The Morgan fingerprint density at radius 2 is 0.628 bits per heavy atom. The minimum Gasteiger partial charge on any atom is -0.477 e. The molecule has 0 bridgehead atoms. The number of carbonyl (C=O) groups is 3. The average Bonchev–Trinajstić information content (AvgIpc) is 3.64. The lowest BCUT2D eigenvalue weighted by Crippen LogP contribution is -2.40. The number of quaternary nitrogens is 1. The number of rotatable bonds is 71. The topological polar surface area (TPSA) is 108 Å². The lowest BCUT2D eigenvalue weighted by molar-refractivity contribution is -0.870. The third-order valence-electron chi connectivity index (χ3n) is 17.1. The number of carbonyl (C=O) groups excluding carboxylic acids is 2. The Balaban J connectivity index is 4.02. The lowest BCUT2D eigenvalue weighted by atomic mass is 10.0. The summed E-state index contributed by atoms with van der Waals surface area (Å²) in [5.74, 6) is -1.98. The first kappa shape index (κ1) is 83.5. The summed E-state index contributed by atoms with van der Waals surface area (Å²) >= 11 is 0.